The van der Waals surface area contributed by atoms with E-state index in [-0.39, 0.29) is 6.61 Å². The molecule has 3 aromatic carbocycles. The Morgan fingerprint density at radius 2 is 1.63 bits per heavy atom. The Balaban J connectivity index is 1.79. The van der Waals surface area contributed by atoms with Crippen molar-refractivity contribution in [1.29, 1.82) is 0 Å². The van der Waals surface area contributed by atoms with E-state index in [2.05, 4.69) is 59.2 Å². The zero-order valence-electron chi connectivity index (χ0n) is 14.8. The largest absolute Gasteiger partial charge is 0.455 e. The Bertz CT molecular complexity index is 1260. The summed E-state index contributed by atoms with van der Waals surface area (Å²) in [7, 11) is 0. The second-order valence-corrected chi connectivity index (χ2v) is 6.66. The summed E-state index contributed by atoms with van der Waals surface area (Å²) in [5.41, 5.74) is 3.09. The lowest BCUT2D eigenvalue weighted by atomic mass is 10.1. The van der Waals surface area contributed by atoms with Crippen LogP contribution in [-0.4, -0.2) is 16.3 Å². The first-order chi connectivity index (χ1) is 13.3. The fraction of sp³-hybridized carbons (Fsp3) is 0.0833. The number of hydrogen-bond donors (Lipinski definition) is 1. The van der Waals surface area contributed by atoms with E-state index < -0.39 is 0 Å². The van der Waals surface area contributed by atoms with Gasteiger partial charge in [0.05, 0.1) is 12.3 Å². The Kier molecular flexibility index (Phi) is 3.80. The lowest BCUT2D eigenvalue weighted by Gasteiger charge is -2.07. The van der Waals surface area contributed by atoms with E-state index in [0.29, 0.717) is 6.54 Å². The van der Waals surface area contributed by atoms with Crippen LogP contribution in [0.3, 0.4) is 0 Å². The molecule has 3 heteroatoms. The molecule has 0 aliphatic carbocycles. The topological polar surface area (TPSA) is 38.3 Å². The molecule has 0 radical (unpaired) electrons. The number of allylic oxidation sites excluding steroid dienone is 1. The number of nitrogens with zero attached hydrogens (tertiary/aromatic N) is 1. The molecule has 2 aromatic heterocycles. The minimum atomic E-state index is 0.0438. The number of furan rings is 1. The predicted octanol–water partition coefficient (Wildman–Crippen LogP) is 5.76. The van der Waals surface area contributed by atoms with Gasteiger partial charge < -0.3 is 14.1 Å². The van der Waals surface area contributed by atoms with E-state index in [1.54, 1.807) is 6.08 Å². The molecule has 3 nitrogen and oxygen atoms in total. The van der Waals surface area contributed by atoms with Crippen molar-refractivity contribution in [3.63, 3.8) is 0 Å². The molecule has 0 fully saturated rings. The van der Waals surface area contributed by atoms with Crippen molar-refractivity contribution in [1.82, 2.24) is 4.57 Å². The molecule has 2 heterocycles. The quantitative estimate of drug-likeness (QED) is 0.417. The Morgan fingerprint density at radius 1 is 0.815 bits per heavy atom. The molecular formula is C24H19NO2. The second-order valence-electron chi connectivity index (χ2n) is 6.66. The minimum Gasteiger partial charge on any atom is -0.455 e. The predicted molar refractivity (Wildman–Crippen MR) is 111 cm³/mol. The van der Waals surface area contributed by atoms with Crippen molar-refractivity contribution in [2.24, 2.45) is 0 Å². The average Bonchev–Trinajstić information content (AvgIpc) is 3.29. The van der Waals surface area contributed by atoms with E-state index in [4.69, 9.17) is 9.52 Å². The summed E-state index contributed by atoms with van der Waals surface area (Å²) >= 11 is 0. The van der Waals surface area contributed by atoms with Gasteiger partial charge in [0.1, 0.15) is 5.58 Å². The van der Waals surface area contributed by atoms with E-state index >= 15 is 0 Å². The van der Waals surface area contributed by atoms with Gasteiger partial charge in [0.2, 0.25) is 0 Å². The van der Waals surface area contributed by atoms with E-state index in [1.807, 2.05) is 24.3 Å². The number of aliphatic hydroxyl groups is 1. The molecule has 0 aliphatic rings. The number of hydrogen-bond acceptors (Lipinski definition) is 2. The molecule has 1 N–H and O–H groups in total. The van der Waals surface area contributed by atoms with Gasteiger partial charge in [-0.3, -0.25) is 0 Å². The van der Waals surface area contributed by atoms with Gasteiger partial charge in [-0.2, -0.15) is 0 Å². The highest BCUT2D eigenvalue weighted by Gasteiger charge is 2.15. The van der Waals surface area contributed by atoms with Gasteiger partial charge in [-0.25, -0.2) is 0 Å². The van der Waals surface area contributed by atoms with Crippen molar-refractivity contribution >= 4 is 32.6 Å². The average molecular weight is 353 g/mol. The maximum atomic E-state index is 9.12. The fourth-order valence-electron chi connectivity index (χ4n) is 3.78. The zero-order valence-corrected chi connectivity index (χ0v) is 14.8. The Morgan fingerprint density at radius 3 is 2.48 bits per heavy atom. The summed E-state index contributed by atoms with van der Waals surface area (Å²) in [6, 6.07) is 25.1. The molecule has 0 bridgehead atoms. The van der Waals surface area contributed by atoms with Crippen molar-refractivity contribution in [2.75, 3.05) is 6.61 Å². The van der Waals surface area contributed by atoms with E-state index in [1.165, 1.54) is 16.2 Å². The first-order valence-electron chi connectivity index (χ1n) is 9.11. The third-order valence-corrected chi connectivity index (χ3v) is 5.05. The first-order valence-corrected chi connectivity index (χ1v) is 9.11. The number of fused-ring (bicyclic) bond motifs is 4. The summed E-state index contributed by atoms with van der Waals surface area (Å²) in [6.45, 7) is 0.719. The summed E-state index contributed by atoms with van der Waals surface area (Å²) in [5.74, 6) is 0.855. The fourth-order valence-corrected chi connectivity index (χ4v) is 3.78. The SMILES string of the molecule is OC/C=C/Cn1c(-c2cc3ccccc3o2)cc2c3ccccc3ccc21. The van der Waals surface area contributed by atoms with Crippen molar-refractivity contribution < 1.29 is 9.52 Å². The highest BCUT2D eigenvalue weighted by molar-refractivity contribution is 6.08. The standard InChI is InChI=1S/C24H19NO2/c26-14-6-5-13-25-21-12-11-17-7-1-3-9-19(17)20(21)16-22(25)24-15-18-8-2-4-10-23(18)27-24/h1-12,15-16,26H,13-14H2/b6-5+. The normalized spacial score (nSPS) is 12.0. The maximum absolute atomic E-state index is 9.12. The molecule has 5 rings (SSSR count). The Labute approximate surface area is 156 Å². The number of para-hydroxylation sites is 1. The molecule has 0 saturated heterocycles. The molecule has 0 saturated carbocycles. The minimum absolute atomic E-state index is 0.0438. The van der Waals surface area contributed by atoms with E-state index in [9.17, 15) is 0 Å². The van der Waals surface area contributed by atoms with Crippen LogP contribution in [0.25, 0.3) is 44.1 Å². The summed E-state index contributed by atoms with van der Waals surface area (Å²) in [6.07, 6.45) is 3.76. The number of aromatic nitrogens is 1. The summed E-state index contributed by atoms with van der Waals surface area (Å²) in [5, 5.41) is 13.9. The van der Waals surface area contributed by atoms with Gasteiger partial charge in [-0.1, -0.05) is 60.7 Å². The Hall–Kier alpha value is -3.30. The third-order valence-electron chi connectivity index (χ3n) is 5.05. The highest BCUT2D eigenvalue weighted by atomic mass is 16.3. The van der Waals surface area contributed by atoms with Gasteiger partial charge in [-0.05, 0) is 35.0 Å². The van der Waals surface area contributed by atoms with Crippen molar-refractivity contribution in [3.8, 4) is 11.5 Å². The second kappa shape index (κ2) is 6.45. The van der Waals surface area contributed by atoms with Gasteiger partial charge in [0.25, 0.3) is 0 Å². The highest BCUT2D eigenvalue weighted by Crippen LogP contribution is 2.35. The van der Waals surface area contributed by atoms with Crippen LogP contribution in [0.5, 0.6) is 0 Å². The van der Waals surface area contributed by atoms with Crippen LogP contribution in [0.2, 0.25) is 0 Å². The number of aliphatic hydroxyl groups excluding tert-OH is 1. The van der Waals surface area contributed by atoms with Crippen LogP contribution in [-0.2, 0) is 6.54 Å². The molecule has 0 atom stereocenters. The molecule has 132 valence electrons. The van der Waals surface area contributed by atoms with Gasteiger partial charge in [0.15, 0.2) is 5.76 Å². The lowest BCUT2D eigenvalue weighted by molar-refractivity contribution is 0.342. The van der Waals surface area contributed by atoms with Gasteiger partial charge in [-0.15, -0.1) is 0 Å². The molecule has 5 aromatic rings. The van der Waals surface area contributed by atoms with Crippen LogP contribution in [0.15, 0.2) is 89.4 Å². The molecular weight excluding hydrogens is 334 g/mol. The summed E-state index contributed by atoms with van der Waals surface area (Å²) in [4.78, 5) is 0. The number of benzene rings is 3. The van der Waals surface area contributed by atoms with Gasteiger partial charge in [0, 0.05) is 22.8 Å². The van der Waals surface area contributed by atoms with Crippen LogP contribution in [0.4, 0.5) is 0 Å². The smallest absolute Gasteiger partial charge is 0.151 e. The molecule has 0 unspecified atom stereocenters. The summed E-state index contributed by atoms with van der Waals surface area (Å²) < 4.78 is 8.39. The third kappa shape index (κ3) is 2.64. The molecule has 0 aliphatic heterocycles. The van der Waals surface area contributed by atoms with Crippen LogP contribution >= 0.6 is 0 Å². The van der Waals surface area contributed by atoms with E-state index in [0.717, 1.165) is 27.9 Å². The molecule has 0 amide bonds. The molecule has 27 heavy (non-hydrogen) atoms. The van der Waals surface area contributed by atoms with Crippen molar-refractivity contribution in [3.05, 3.63) is 84.9 Å². The van der Waals surface area contributed by atoms with Crippen LogP contribution in [0, 0.1) is 0 Å². The number of rotatable bonds is 4. The monoisotopic (exact) mass is 353 g/mol. The first kappa shape index (κ1) is 15.9. The van der Waals surface area contributed by atoms with Crippen LogP contribution in [0.1, 0.15) is 0 Å². The molecule has 0 spiro atoms. The lowest BCUT2D eigenvalue weighted by Crippen LogP contribution is -1.97. The van der Waals surface area contributed by atoms with Crippen molar-refractivity contribution in [2.45, 2.75) is 6.54 Å². The zero-order chi connectivity index (χ0) is 18.2. The maximum Gasteiger partial charge on any atom is 0.151 e. The van der Waals surface area contributed by atoms with Crippen LogP contribution < -0.4 is 0 Å². The van der Waals surface area contributed by atoms with Gasteiger partial charge >= 0.3 is 0 Å².